The summed E-state index contributed by atoms with van der Waals surface area (Å²) in [5.74, 6) is 0.669. The Labute approximate surface area is 151 Å². The van der Waals surface area contributed by atoms with Crippen molar-refractivity contribution in [3.8, 4) is 0 Å². The van der Waals surface area contributed by atoms with E-state index < -0.39 is 0 Å². The van der Waals surface area contributed by atoms with Crippen LogP contribution in [0.2, 0.25) is 0 Å². The molecular formula is C19H32N4O2. The molecule has 1 atom stereocenters. The Morgan fingerprint density at radius 3 is 2.56 bits per heavy atom. The lowest BCUT2D eigenvalue weighted by Gasteiger charge is -2.30. The van der Waals surface area contributed by atoms with Crippen LogP contribution in [0.3, 0.4) is 0 Å². The van der Waals surface area contributed by atoms with Gasteiger partial charge in [-0.2, -0.15) is 0 Å². The number of methoxy groups -OCH3 is 1. The number of nitrogens with zero attached hydrogens (tertiary/aromatic N) is 1. The number of nitrogens with one attached hydrogen (secondary N) is 3. The Morgan fingerprint density at radius 1 is 1.28 bits per heavy atom. The van der Waals surface area contributed by atoms with Crippen molar-refractivity contribution in [3.05, 3.63) is 29.8 Å². The van der Waals surface area contributed by atoms with Gasteiger partial charge < -0.3 is 20.7 Å². The number of anilines is 1. The van der Waals surface area contributed by atoms with Gasteiger partial charge in [-0.25, -0.2) is 4.99 Å². The van der Waals surface area contributed by atoms with Crippen LogP contribution in [0.25, 0.3) is 0 Å². The van der Waals surface area contributed by atoms with Crippen LogP contribution in [0, 0.1) is 5.41 Å². The van der Waals surface area contributed by atoms with E-state index in [-0.39, 0.29) is 17.4 Å². The van der Waals surface area contributed by atoms with Crippen molar-refractivity contribution < 1.29 is 9.53 Å². The first-order valence-electron chi connectivity index (χ1n) is 8.67. The summed E-state index contributed by atoms with van der Waals surface area (Å²) in [4.78, 5) is 15.8. The Bertz CT molecular complexity index is 579. The molecule has 3 N–H and O–H groups in total. The molecule has 0 aromatic heterocycles. The Hall–Kier alpha value is -2.08. The quantitative estimate of drug-likeness (QED) is 0.523. The number of rotatable bonds is 7. The van der Waals surface area contributed by atoms with Crippen molar-refractivity contribution in [2.24, 2.45) is 10.4 Å². The van der Waals surface area contributed by atoms with Crippen molar-refractivity contribution in [1.29, 1.82) is 0 Å². The molecule has 25 heavy (non-hydrogen) atoms. The van der Waals surface area contributed by atoms with Crippen LogP contribution in [0.4, 0.5) is 5.69 Å². The molecule has 0 aliphatic rings. The maximum absolute atomic E-state index is 11.2. The second-order valence-corrected chi connectivity index (χ2v) is 7.05. The number of hydrogen-bond acceptors (Lipinski definition) is 3. The molecule has 0 saturated carbocycles. The van der Waals surface area contributed by atoms with Crippen molar-refractivity contribution in [3.63, 3.8) is 0 Å². The molecule has 1 unspecified atom stereocenters. The summed E-state index contributed by atoms with van der Waals surface area (Å²) >= 11 is 0. The first kappa shape index (κ1) is 21.0. The lowest BCUT2D eigenvalue weighted by atomic mass is 9.89. The van der Waals surface area contributed by atoms with Gasteiger partial charge in [0.2, 0.25) is 5.91 Å². The molecule has 0 aliphatic carbocycles. The highest BCUT2D eigenvalue weighted by atomic mass is 16.5. The largest absolute Gasteiger partial charge is 0.379 e. The molecule has 0 heterocycles. The first-order chi connectivity index (χ1) is 11.8. The van der Waals surface area contributed by atoms with Gasteiger partial charge in [0.15, 0.2) is 5.96 Å². The lowest BCUT2D eigenvalue weighted by molar-refractivity contribution is -0.114. The van der Waals surface area contributed by atoms with Crippen molar-refractivity contribution in [2.45, 2.75) is 47.3 Å². The molecule has 6 nitrogen and oxygen atoms in total. The third-order valence-corrected chi connectivity index (χ3v) is 3.72. The Morgan fingerprint density at radius 2 is 2.00 bits per heavy atom. The molecule has 0 aliphatic heterocycles. The van der Waals surface area contributed by atoms with E-state index in [9.17, 15) is 4.79 Å². The van der Waals surface area contributed by atoms with Gasteiger partial charge in [0.1, 0.15) is 0 Å². The fraction of sp³-hybridized carbons (Fsp3) is 0.579. The topological polar surface area (TPSA) is 74.8 Å². The molecule has 1 aromatic rings. The Balaban J connectivity index is 2.73. The van der Waals surface area contributed by atoms with E-state index in [1.807, 2.05) is 31.2 Å². The van der Waals surface area contributed by atoms with Crippen LogP contribution in [-0.2, 0) is 16.1 Å². The fourth-order valence-electron chi connectivity index (χ4n) is 2.40. The predicted octanol–water partition coefficient (Wildman–Crippen LogP) is 2.76. The predicted molar refractivity (Wildman–Crippen MR) is 104 cm³/mol. The van der Waals surface area contributed by atoms with E-state index in [4.69, 9.17) is 4.74 Å². The van der Waals surface area contributed by atoms with Gasteiger partial charge >= 0.3 is 0 Å². The summed E-state index contributed by atoms with van der Waals surface area (Å²) in [6, 6.07) is 7.70. The number of ether oxygens (including phenoxy) is 1. The SMILES string of the molecule is CCNC(=NCc1cccc(NC(C)=O)c1)NCC(OC)C(C)(C)C. The minimum Gasteiger partial charge on any atom is -0.379 e. The number of carbonyl (C=O) groups is 1. The third-order valence-electron chi connectivity index (χ3n) is 3.72. The standard InChI is InChI=1S/C19H32N4O2/c1-7-20-18(22-13-17(25-6)19(3,4)5)21-12-15-9-8-10-16(11-15)23-14(2)24/h8-11,17H,7,12-13H2,1-6H3,(H,23,24)(H2,20,21,22). The zero-order valence-electron chi connectivity index (χ0n) is 16.3. The number of hydrogen-bond donors (Lipinski definition) is 3. The number of guanidine groups is 1. The van der Waals surface area contributed by atoms with Gasteiger partial charge in [0.25, 0.3) is 0 Å². The van der Waals surface area contributed by atoms with E-state index in [0.717, 1.165) is 23.8 Å². The van der Waals surface area contributed by atoms with Gasteiger partial charge in [-0.05, 0) is 30.0 Å². The number of amides is 1. The summed E-state index contributed by atoms with van der Waals surface area (Å²) in [5, 5.41) is 9.37. The first-order valence-corrected chi connectivity index (χ1v) is 8.67. The Kier molecular flexibility index (Phi) is 8.41. The summed E-state index contributed by atoms with van der Waals surface area (Å²) < 4.78 is 5.57. The summed E-state index contributed by atoms with van der Waals surface area (Å²) in [6.07, 6.45) is 0.0828. The molecule has 6 heteroatoms. The molecule has 1 amide bonds. The van der Waals surface area contributed by atoms with Crippen molar-refractivity contribution in [2.75, 3.05) is 25.5 Å². The zero-order valence-corrected chi connectivity index (χ0v) is 16.3. The van der Waals surface area contributed by atoms with Crippen LogP contribution >= 0.6 is 0 Å². The van der Waals surface area contributed by atoms with Crippen LogP contribution in [0.5, 0.6) is 0 Å². The maximum Gasteiger partial charge on any atom is 0.221 e. The molecule has 0 fully saturated rings. The molecule has 0 bridgehead atoms. The van der Waals surface area contributed by atoms with Gasteiger partial charge in [-0.15, -0.1) is 0 Å². The second-order valence-electron chi connectivity index (χ2n) is 7.05. The van der Waals surface area contributed by atoms with Crippen LogP contribution in [0.1, 0.15) is 40.2 Å². The van der Waals surface area contributed by atoms with E-state index in [0.29, 0.717) is 13.1 Å². The van der Waals surface area contributed by atoms with Crippen LogP contribution in [-0.4, -0.2) is 38.2 Å². The molecule has 140 valence electrons. The molecule has 0 spiro atoms. The zero-order chi connectivity index (χ0) is 18.9. The van der Waals surface area contributed by atoms with E-state index in [1.165, 1.54) is 6.92 Å². The normalized spacial score (nSPS) is 13.3. The van der Waals surface area contributed by atoms with E-state index in [2.05, 4.69) is 41.7 Å². The molecular weight excluding hydrogens is 316 g/mol. The lowest BCUT2D eigenvalue weighted by Crippen LogP contribution is -2.45. The number of benzene rings is 1. The minimum atomic E-state index is -0.0801. The van der Waals surface area contributed by atoms with Crippen molar-refractivity contribution >= 4 is 17.6 Å². The number of carbonyl (C=O) groups excluding carboxylic acids is 1. The average Bonchev–Trinajstić information content (AvgIpc) is 2.51. The molecule has 0 saturated heterocycles. The van der Waals surface area contributed by atoms with E-state index >= 15 is 0 Å². The summed E-state index contributed by atoms with van der Waals surface area (Å²) in [5.41, 5.74) is 1.86. The third kappa shape index (κ3) is 8.03. The van der Waals surface area contributed by atoms with Crippen LogP contribution in [0.15, 0.2) is 29.3 Å². The van der Waals surface area contributed by atoms with Crippen LogP contribution < -0.4 is 16.0 Å². The highest BCUT2D eigenvalue weighted by Crippen LogP contribution is 2.20. The van der Waals surface area contributed by atoms with Gasteiger partial charge in [0.05, 0.1) is 12.6 Å². The van der Waals surface area contributed by atoms with Gasteiger partial charge in [-0.3, -0.25) is 4.79 Å². The van der Waals surface area contributed by atoms with Gasteiger partial charge in [0, 0.05) is 32.8 Å². The molecule has 0 radical (unpaired) electrons. The number of aliphatic imine (C=N–C) groups is 1. The smallest absolute Gasteiger partial charge is 0.221 e. The van der Waals surface area contributed by atoms with Gasteiger partial charge in [-0.1, -0.05) is 32.9 Å². The molecule has 1 aromatic carbocycles. The highest BCUT2D eigenvalue weighted by molar-refractivity contribution is 5.88. The summed E-state index contributed by atoms with van der Waals surface area (Å²) in [7, 11) is 1.73. The molecule has 1 rings (SSSR count). The van der Waals surface area contributed by atoms with E-state index in [1.54, 1.807) is 7.11 Å². The monoisotopic (exact) mass is 348 g/mol. The average molecular weight is 348 g/mol. The van der Waals surface area contributed by atoms with Crippen molar-refractivity contribution in [1.82, 2.24) is 10.6 Å². The fourth-order valence-corrected chi connectivity index (χ4v) is 2.40. The maximum atomic E-state index is 11.2. The second kappa shape index (κ2) is 10.0. The highest BCUT2D eigenvalue weighted by Gasteiger charge is 2.24. The summed E-state index contributed by atoms with van der Waals surface area (Å²) in [6.45, 7) is 12.0. The minimum absolute atomic E-state index is 0.0474.